The number of ether oxygens (including phenoxy) is 3. The maximum atomic E-state index is 12.3. The average Bonchev–Trinajstić information content (AvgIpc) is 2.80. The summed E-state index contributed by atoms with van der Waals surface area (Å²) in [5, 5.41) is 0. The smallest absolute Gasteiger partial charge is 0.338 e. The second-order valence-electron chi connectivity index (χ2n) is 7.64. The van der Waals surface area contributed by atoms with Crippen molar-refractivity contribution in [3.63, 3.8) is 0 Å². The first kappa shape index (κ1) is 22.8. The summed E-state index contributed by atoms with van der Waals surface area (Å²) < 4.78 is 16.0. The predicted octanol–water partition coefficient (Wildman–Crippen LogP) is 1.32. The Balaban J connectivity index is 1.43. The van der Waals surface area contributed by atoms with Gasteiger partial charge in [-0.3, -0.25) is 4.79 Å². The Hall–Kier alpha value is -2.90. The number of quaternary nitrogens is 1. The molecule has 1 N–H and O–H groups in total. The number of likely N-dealkylation sites (N-methyl/N-ethyl adjacent to an activating group) is 1. The molecule has 7 nitrogen and oxygen atoms in total. The summed E-state index contributed by atoms with van der Waals surface area (Å²) in [6.07, 6.45) is 0. The van der Waals surface area contributed by atoms with Crippen molar-refractivity contribution in [2.24, 2.45) is 0 Å². The number of nitrogens with one attached hydrogen (secondary N) is 1. The molecule has 1 amide bonds. The minimum atomic E-state index is -0.493. The van der Waals surface area contributed by atoms with Gasteiger partial charge in [0, 0.05) is 19.2 Å². The molecule has 0 aliphatic carbocycles. The van der Waals surface area contributed by atoms with Gasteiger partial charge in [0.1, 0.15) is 25.4 Å². The highest BCUT2D eigenvalue weighted by Gasteiger charge is 2.16. The Morgan fingerprint density at radius 3 is 2.29 bits per heavy atom. The second-order valence-corrected chi connectivity index (χ2v) is 7.64. The molecular formula is C24H31N2O5+. The molecule has 1 saturated heterocycles. The zero-order valence-electron chi connectivity index (χ0n) is 18.3. The number of hydrogen-bond acceptors (Lipinski definition) is 5. The molecule has 1 heterocycles. The summed E-state index contributed by atoms with van der Waals surface area (Å²) in [7, 11) is 1.69. The van der Waals surface area contributed by atoms with Gasteiger partial charge in [-0.05, 0) is 36.8 Å². The van der Waals surface area contributed by atoms with Crippen molar-refractivity contribution in [2.45, 2.75) is 20.0 Å². The fourth-order valence-corrected chi connectivity index (χ4v) is 3.42. The summed E-state index contributed by atoms with van der Waals surface area (Å²) in [6.45, 7) is 7.18. The maximum Gasteiger partial charge on any atom is 0.338 e. The molecular weight excluding hydrogens is 396 g/mol. The van der Waals surface area contributed by atoms with Crippen LogP contribution in [0.25, 0.3) is 0 Å². The maximum absolute atomic E-state index is 12.3. The largest absolute Gasteiger partial charge is 0.494 e. The molecule has 2 aromatic carbocycles. The van der Waals surface area contributed by atoms with Crippen molar-refractivity contribution >= 4 is 11.9 Å². The third-order valence-corrected chi connectivity index (χ3v) is 5.25. The van der Waals surface area contributed by atoms with Gasteiger partial charge in [-0.1, -0.05) is 24.3 Å². The lowest BCUT2D eigenvalue weighted by atomic mass is 10.1. The molecule has 0 unspecified atom stereocenters. The molecule has 31 heavy (non-hydrogen) atoms. The van der Waals surface area contributed by atoms with Crippen molar-refractivity contribution in [3.05, 3.63) is 65.2 Å². The number of carbonyl (C=O) groups is 2. The highest BCUT2D eigenvalue weighted by atomic mass is 16.5. The van der Waals surface area contributed by atoms with Crippen LogP contribution >= 0.6 is 0 Å². The molecule has 1 aliphatic rings. The normalized spacial score (nSPS) is 14.1. The number of carbonyl (C=O) groups excluding carboxylic acids is 2. The third-order valence-electron chi connectivity index (χ3n) is 5.25. The zero-order chi connectivity index (χ0) is 22.1. The van der Waals surface area contributed by atoms with E-state index < -0.39 is 5.97 Å². The molecule has 3 rings (SSSR count). The predicted molar refractivity (Wildman–Crippen MR) is 116 cm³/mol. The molecule has 0 aromatic heterocycles. The van der Waals surface area contributed by atoms with E-state index in [0.717, 1.165) is 44.2 Å². The van der Waals surface area contributed by atoms with Crippen molar-refractivity contribution < 1.29 is 28.7 Å². The minimum absolute atomic E-state index is 0.255. The Kier molecular flexibility index (Phi) is 8.44. The van der Waals surface area contributed by atoms with Crippen molar-refractivity contribution in [2.75, 3.05) is 46.6 Å². The summed E-state index contributed by atoms with van der Waals surface area (Å²) in [5.74, 6) is 0.0504. The topological polar surface area (TPSA) is 69.5 Å². The highest BCUT2D eigenvalue weighted by molar-refractivity contribution is 5.91. The average molecular weight is 428 g/mol. The van der Waals surface area contributed by atoms with Gasteiger partial charge in [-0.15, -0.1) is 0 Å². The van der Waals surface area contributed by atoms with E-state index in [1.54, 1.807) is 19.2 Å². The zero-order valence-corrected chi connectivity index (χ0v) is 18.3. The molecule has 2 aromatic rings. The standard InChI is InChI=1S/C24H30N2O5/c1-3-30-22-10-6-19(7-11-22)16-25(2)23(27)18-31-24(28)21-8-4-20(5-9-21)17-26-12-14-29-15-13-26/h4-11H,3,12-18H2,1-2H3/p+1. The molecule has 1 aliphatic heterocycles. The van der Waals surface area contributed by atoms with Crippen LogP contribution in [0.4, 0.5) is 0 Å². The number of esters is 1. The molecule has 0 spiro atoms. The van der Waals surface area contributed by atoms with Crippen molar-refractivity contribution in [3.8, 4) is 5.75 Å². The molecule has 0 radical (unpaired) electrons. The fraction of sp³-hybridized carbons (Fsp3) is 0.417. The van der Waals surface area contributed by atoms with Crippen LogP contribution in [-0.4, -0.2) is 63.3 Å². The molecule has 7 heteroatoms. The summed E-state index contributed by atoms with van der Waals surface area (Å²) in [6, 6.07) is 15.0. The van der Waals surface area contributed by atoms with E-state index in [2.05, 4.69) is 0 Å². The first-order valence-corrected chi connectivity index (χ1v) is 10.7. The van der Waals surface area contributed by atoms with E-state index in [4.69, 9.17) is 14.2 Å². The second kappa shape index (κ2) is 11.5. The first-order valence-electron chi connectivity index (χ1n) is 10.7. The van der Waals surface area contributed by atoms with Crippen LogP contribution in [0.3, 0.4) is 0 Å². The Morgan fingerprint density at radius 2 is 1.65 bits per heavy atom. The molecule has 0 bridgehead atoms. The van der Waals surface area contributed by atoms with Crippen LogP contribution in [-0.2, 0) is 27.4 Å². The summed E-state index contributed by atoms with van der Waals surface area (Å²) in [4.78, 5) is 27.7. The van der Waals surface area contributed by atoms with Crippen LogP contribution in [0.5, 0.6) is 5.75 Å². The number of nitrogens with zero attached hydrogens (tertiary/aromatic N) is 1. The van der Waals surface area contributed by atoms with Crippen molar-refractivity contribution in [1.29, 1.82) is 0 Å². The number of morpholine rings is 1. The first-order chi connectivity index (χ1) is 15.0. The monoisotopic (exact) mass is 427 g/mol. The summed E-state index contributed by atoms with van der Waals surface area (Å²) >= 11 is 0. The number of benzene rings is 2. The van der Waals surface area contributed by atoms with Crippen molar-refractivity contribution in [1.82, 2.24) is 4.90 Å². The van der Waals surface area contributed by atoms with Gasteiger partial charge in [0.05, 0.1) is 25.4 Å². The van der Waals surface area contributed by atoms with E-state index in [1.165, 1.54) is 15.4 Å². The SMILES string of the molecule is CCOc1ccc(CN(C)C(=O)COC(=O)c2ccc(C[NH+]3CCOCC3)cc2)cc1. The summed E-state index contributed by atoms with van der Waals surface area (Å²) in [5.41, 5.74) is 2.59. The van der Waals surface area contributed by atoms with Gasteiger partial charge < -0.3 is 24.0 Å². The lowest BCUT2D eigenvalue weighted by Crippen LogP contribution is -3.12. The fourth-order valence-electron chi connectivity index (χ4n) is 3.42. The van der Waals surface area contributed by atoms with E-state index in [-0.39, 0.29) is 12.5 Å². The lowest BCUT2D eigenvalue weighted by Gasteiger charge is -2.23. The number of hydrogen-bond donors (Lipinski definition) is 1. The highest BCUT2D eigenvalue weighted by Crippen LogP contribution is 2.13. The van der Waals surface area contributed by atoms with Crippen LogP contribution in [0, 0.1) is 0 Å². The number of rotatable bonds is 9. The molecule has 1 fully saturated rings. The molecule has 0 saturated carbocycles. The van der Waals surface area contributed by atoms with Gasteiger partial charge in [0.15, 0.2) is 6.61 Å². The Labute approximate surface area is 183 Å². The van der Waals surface area contributed by atoms with Crippen LogP contribution in [0.15, 0.2) is 48.5 Å². The Morgan fingerprint density at radius 1 is 1.00 bits per heavy atom. The van der Waals surface area contributed by atoms with E-state index >= 15 is 0 Å². The van der Waals surface area contributed by atoms with Gasteiger partial charge in [-0.2, -0.15) is 0 Å². The van der Waals surface area contributed by atoms with E-state index in [1.807, 2.05) is 43.3 Å². The van der Waals surface area contributed by atoms with Gasteiger partial charge in [0.25, 0.3) is 5.91 Å². The third kappa shape index (κ3) is 7.08. The minimum Gasteiger partial charge on any atom is -0.494 e. The number of amides is 1. The lowest BCUT2D eigenvalue weighted by molar-refractivity contribution is -0.921. The van der Waals surface area contributed by atoms with Crippen LogP contribution in [0.2, 0.25) is 0 Å². The van der Waals surface area contributed by atoms with Crippen LogP contribution < -0.4 is 9.64 Å². The van der Waals surface area contributed by atoms with E-state index in [9.17, 15) is 9.59 Å². The van der Waals surface area contributed by atoms with E-state index in [0.29, 0.717) is 18.7 Å². The van der Waals surface area contributed by atoms with Gasteiger partial charge >= 0.3 is 5.97 Å². The van der Waals surface area contributed by atoms with Gasteiger partial charge in [0.2, 0.25) is 0 Å². The van der Waals surface area contributed by atoms with Crippen LogP contribution in [0.1, 0.15) is 28.4 Å². The molecule has 0 atom stereocenters. The quantitative estimate of drug-likeness (QED) is 0.612. The van der Waals surface area contributed by atoms with Gasteiger partial charge in [-0.25, -0.2) is 4.79 Å². The Bertz CT molecular complexity index is 845. The molecule has 166 valence electrons.